The van der Waals surface area contributed by atoms with Gasteiger partial charge in [-0.3, -0.25) is 23.5 Å². The zero-order valence-electron chi connectivity index (χ0n) is 17.7. The largest absolute Gasteiger partial charge is 0.482 e. The van der Waals surface area contributed by atoms with Gasteiger partial charge in [-0.25, -0.2) is 9.59 Å². The zero-order chi connectivity index (χ0) is 23.1. The zero-order valence-corrected chi connectivity index (χ0v) is 17.7. The van der Waals surface area contributed by atoms with Crippen LogP contribution >= 0.6 is 0 Å². The fourth-order valence-electron chi connectivity index (χ4n) is 2.83. The molecule has 2 rings (SSSR count). The number of ketones is 2. The molecule has 2 aromatic rings. The number of aromatic nitrogens is 2. The van der Waals surface area contributed by atoms with E-state index < -0.39 is 41.8 Å². The van der Waals surface area contributed by atoms with Gasteiger partial charge in [-0.15, -0.1) is 0 Å². The fourth-order valence-corrected chi connectivity index (χ4v) is 2.83. The summed E-state index contributed by atoms with van der Waals surface area (Å²) in [5.41, 5.74) is 4.52. The average molecular weight is 431 g/mol. The minimum atomic E-state index is -0.853. The van der Waals surface area contributed by atoms with E-state index in [4.69, 9.17) is 15.2 Å². The van der Waals surface area contributed by atoms with Gasteiger partial charge in [0.2, 0.25) is 5.78 Å². The van der Waals surface area contributed by atoms with Crippen molar-refractivity contribution in [1.82, 2.24) is 9.13 Å². The molecule has 0 saturated heterocycles. The van der Waals surface area contributed by atoms with Crippen LogP contribution in [0, 0.1) is 0 Å². The minimum Gasteiger partial charge on any atom is -0.482 e. The predicted molar refractivity (Wildman–Crippen MR) is 112 cm³/mol. The molecule has 0 aliphatic heterocycles. The second-order valence-corrected chi connectivity index (χ2v) is 6.73. The lowest BCUT2D eigenvalue weighted by Gasteiger charge is -2.14. The Morgan fingerprint density at radius 2 is 1.65 bits per heavy atom. The van der Waals surface area contributed by atoms with Gasteiger partial charge in [-0.05, 0) is 30.7 Å². The van der Waals surface area contributed by atoms with Crippen molar-refractivity contribution in [2.75, 3.05) is 18.9 Å². The van der Waals surface area contributed by atoms with Crippen molar-refractivity contribution in [1.29, 1.82) is 0 Å². The van der Waals surface area contributed by atoms with Crippen LogP contribution in [-0.2, 0) is 23.1 Å². The van der Waals surface area contributed by atoms with E-state index in [9.17, 15) is 24.0 Å². The summed E-state index contributed by atoms with van der Waals surface area (Å²) in [7, 11) is 1.24. The molecular weight excluding hydrogens is 406 g/mol. The summed E-state index contributed by atoms with van der Waals surface area (Å²) in [4.78, 5) is 60.4. The topological polar surface area (TPSA) is 140 Å². The highest BCUT2D eigenvalue weighted by atomic mass is 16.6. The lowest BCUT2D eigenvalue weighted by molar-refractivity contribution is -0.144. The number of hydrogen-bond donors (Lipinski definition) is 1. The molecule has 0 bridgehead atoms. The summed E-state index contributed by atoms with van der Waals surface area (Å²) < 4.78 is 12.1. The van der Waals surface area contributed by atoms with Crippen LogP contribution in [0.4, 0.5) is 5.82 Å². The lowest BCUT2D eigenvalue weighted by Crippen LogP contribution is -2.43. The number of esters is 1. The second kappa shape index (κ2) is 10.4. The van der Waals surface area contributed by atoms with Gasteiger partial charge in [0.25, 0.3) is 5.56 Å². The standard InChI is InChI=1S/C21H25N3O7/c1-4-10-24-19(22)18(20(28)23(3)21(24)29)16(26)11-31-17(27)12-30-14-8-6-13(7-9-14)15(25)5-2/h6-9H,4-5,10-12,22H2,1-3H3. The van der Waals surface area contributed by atoms with Gasteiger partial charge in [0.1, 0.15) is 17.1 Å². The number of carbonyl (C=O) groups is 3. The van der Waals surface area contributed by atoms with Gasteiger partial charge in [0.15, 0.2) is 19.0 Å². The van der Waals surface area contributed by atoms with Crippen molar-refractivity contribution in [3.63, 3.8) is 0 Å². The first-order valence-corrected chi connectivity index (χ1v) is 9.75. The van der Waals surface area contributed by atoms with Gasteiger partial charge in [-0.2, -0.15) is 0 Å². The molecule has 1 aromatic heterocycles. The third-order valence-electron chi connectivity index (χ3n) is 4.53. The number of rotatable bonds is 10. The molecule has 10 heteroatoms. The lowest BCUT2D eigenvalue weighted by atomic mass is 10.1. The Morgan fingerprint density at radius 1 is 1.00 bits per heavy atom. The Bertz CT molecular complexity index is 1100. The summed E-state index contributed by atoms with van der Waals surface area (Å²) in [6.07, 6.45) is 0.944. The summed E-state index contributed by atoms with van der Waals surface area (Å²) >= 11 is 0. The predicted octanol–water partition coefficient (Wildman–Crippen LogP) is 0.937. The highest BCUT2D eigenvalue weighted by Crippen LogP contribution is 2.13. The Morgan fingerprint density at radius 3 is 2.23 bits per heavy atom. The number of nitrogens with two attached hydrogens (primary N) is 1. The molecule has 0 radical (unpaired) electrons. The van der Waals surface area contributed by atoms with Crippen molar-refractivity contribution in [2.45, 2.75) is 33.2 Å². The first kappa shape index (κ1) is 23.6. The molecule has 0 fully saturated rings. The van der Waals surface area contributed by atoms with E-state index in [2.05, 4.69) is 0 Å². The van der Waals surface area contributed by atoms with E-state index in [0.717, 1.165) is 9.13 Å². The number of anilines is 1. The maximum atomic E-state index is 12.5. The van der Waals surface area contributed by atoms with Gasteiger partial charge in [0.05, 0.1) is 0 Å². The fraction of sp³-hybridized carbons (Fsp3) is 0.381. The van der Waals surface area contributed by atoms with Crippen LogP contribution in [0.2, 0.25) is 0 Å². The quantitative estimate of drug-likeness (QED) is 0.433. The van der Waals surface area contributed by atoms with Crippen molar-refractivity contribution in [3.05, 3.63) is 56.2 Å². The number of Topliss-reactive ketones (excluding diaryl/α,β-unsaturated/α-hetero) is 2. The molecule has 1 aromatic carbocycles. The Kier molecular flexibility index (Phi) is 7.89. The molecule has 2 N–H and O–H groups in total. The highest BCUT2D eigenvalue weighted by molar-refractivity contribution is 6.01. The molecule has 1 heterocycles. The van der Waals surface area contributed by atoms with E-state index in [1.165, 1.54) is 7.05 Å². The Hall–Kier alpha value is -3.69. The number of nitrogen functional groups attached to an aromatic ring is 1. The molecule has 0 amide bonds. The first-order chi connectivity index (χ1) is 14.7. The number of benzene rings is 1. The van der Waals surface area contributed by atoms with Crippen LogP contribution in [-0.4, -0.2) is 39.9 Å². The molecule has 0 atom stereocenters. The van der Waals surface area contributed by atoms with E-state index in [-0.39, 0.29) is 18.1 Å². The van der Waals surface area contributed by atoms with Gasteiger partial charge in [0, 0.05) is 25.6 Å². The highest BCUT2D eigenvalue weighted by Gasteiger charge is 2.22. The molecule has 10 nitrogen and oxygen atoms in total. The van der Waals surface area contributed by atoms with Crippen LogP contribution in [0.3, 0.4) is 0 Å². The van der Waals surface area contributed by atoms with Crippen LogP contribution in [0.1, 0.15) is 47.4 Å². The molecule has 0 aliphatic carbocycles. The van der Waals surface area contributed by atoms with Crippen LogP contribution in [0.5, 0.6) is 5.75 Å². The number of hydrogen-bond acceptors (Lipinski definition) is 8. The maximum absolute atomic E-state index is 12.5. The van der Waals surface area contributed by atoms with E-state index in [1.54, 1.807) is 31.2 Å². The van der Waals surface area contributed by atoms with Crippen molar-refractivity contribution < 1.29 is 23.9 Å². The number of ether oxygens (including phenoxy) is 2. The third kappa shape index (κ3) is 5.47. The second-order valence-electron chi connectivity index (χ2n) is 6.73. The maximum Gasteiger partial charge on any atom is 0.344 e. The van der Waals surface area contributed by atoms with E-state index in [1.807, 2.05) is 6.92 Å². The molecule has 0 spiro atoms. The normalized spacial score (nSPS) is 10.5. The molecule has 0 saturated carbocycles. The van der Waals surface area contributed by atoms with Crippen molar-refractivity contribution >= 4 is 23.4 Å². The molecule has 0 aliphatic rings. The summed E-state index contributed by atoms with van der Waals surface area (Å²) in [6, 6.07) is 6.25. The molecule has 0 unspecified atom stereocenters. The molecule has 31 heavy (non-hydrogen) atoms. The third-order valence-corrected chi connectivity index (χ3v) is 4.53. The summed E-state index contributed by atoms with van der Waals surface area (Å²) in [6.45, 7) is 2.60. The van der Waals surface area contributed by atoms with Crippen molar-refractivity contribution in [3.8, 4) is 5.75 Å². The van der Waals surface area contributed by atoms with Crippen LogP contribution in [0.15, 0.2) is 33.9 Å². The number of carbonyl (C=O) groups excluding carboxylic acids is 3. The summed E-state index contributed by atoms with van der Waals surface area (Å²) in [5, 5.41) is 0. The average Bonchev–Trinajstić information content (AvgIpc) is 2.77. The Labute approximate surface area is 178 Å². The van der Waals surface area contributed by atoms with E-state index in [0.29, 0.717) is 24.2 Å². The van der Waals surface area contributed by atoms with Crippen LogP contribution < -0.4 is 21.7 Å². The minimum absolute atomic E-state index is 0.0137. The smallest absolute Gasteiger partial charge is 0.344 e. The monoisotopic (exact) mass is 431 g/mol. The summed E-state index contributed by atoms with van der Waals surface area (Å²) in [5.74, 6) is -1.58. The van der Waals surface area contributed by atoms with Gasteiger partial charge < -0.3 is 15.2 Å². The van der Waals surface area contributed by atoms with Gasteiger partial charge in [-0.1, -0.05) is 13.8 Å². The van der Waals surface area contributed by atoms with E-state index >= 15 is 0 Å². The first-order valence-electron chi connectivity index (χ1n) is 9.75. The van der Waals surface area contributed by atoms with Crippen molar-refractivity contribution in [2.24, 2.45) is 7.05 Å². The molecule has 166 valence electrons. The SMILES string of the molecule is CCCn1c(N)c(C(=O)COC(=O)COc2ccc(C(=O)CC)cc2)c(=O)n(C)c1=O. The van der Waals surface area contributed by atoms with Crippen LogP contribution in [0.25, 0.3) is 0 Å². The van der Waals surface area contributed by atoms with Gasteiger partial charge >= 0.3 is 11.7 Å². The molecular formula is C21H25N3O7. The Balaban J connectivity index is 2.01. The number of nitrogens with zero attached hydrogens (tertiary/aromatic N) is 2.